The normalized spacial score (nSPS) is 12.8. The number of benzene rings is 2. The topological polar surface area (TPSA) is 65.4 Å². The summed E-state index contributed by atoms with van der Waals surface area (Å²) in [6.45, 7) is 9.18. The molecule has 0 spiro atoms. The van der Waals surface area contributed by atoms with Crippen molar-refractivity contribution in [2.75, 3.05) is 13.3 Å². The van der Waals surface area contributed by atoms with E-state index in [9.17, 15) is 4.79 Å². The van der Waals surface area contributed by atoms with Gasteiger partial charge in [-0.25, -0.2) is 0 Å². The van der Waals surface area contributed by atoms with Gasteiger partial charge in [0.05, 0.1) is 17.8 Å². The van der Waals surface area contributed by atoms with Crippen molar-refractivity contribution in [3.8, 4) is 11.5 Å². The summed E-state index contributed by atoms with van der Waals surface area (Å²) in [5, 5.41) is 8.35. The average molecular weight is 440 g/mol. The number of amides is 1. The third-order valence-electron chi connectivity index (χ3n) is 5.73. The number of fused-ring (bicyclic) bond motifs is 1. The third-order valence-corrected chi connectivity index (χ3v) is 6.10. The first-order chi connectivity index (χ1) is 14.8. The molecule has 1 aliphatic heterocycles. The van der Waals surface area contributed by atoms with E-state index >= 15 is 0 Å². The van der Waals surface area contributed by atoms with E-state index in [1.807, 2.05) is 61.0 Å². The maximum atomic E-state index is 13.0. The summed E-state index contributed by atoms with van der Waals surface area (Å²) in [6, 6.07) is 13.6. The van der Waals surface area contributed by atoms with Crippen LogP contribution in [-0.2, 0) is 12.0 Å². The Balaban J connectivity index is 1.48. The number of hydrogen-bond donors (Lipinski definition) is 1. The van der Waals surface area contributed by atoms with E-state index in [1.165, 1.54) is 0 Å². The summed E-state index contributed by atoms with van der Waals surface area (Å²) < 4.78 is 12.7. The number of aryl methyl sites for hydroxylation is 1. The van der Waals surface area contributed by atoms with E-state index in [-0.39, 0.29) is 18.1 Å². The molecule has 6 nitrogen and oxygen atoms in total. The second kappa shape index (κ2) is 8.27. The average Bonchev–Trinajstić information content (AvgIpc) is 3.31. The number of carbonyl (C=O) groups excluding carboxylic acids is 1. The molecule has 2 aromatic carbocycles. The van der Waals surface area contributed by atoms with Crippen molar-refractivity contribution >= 4 is 17.5 Å². The number of nitrogens with zero attached hydrogens (tertiary/aromatic N) is 2. The molecule has 0 fully saturated rings. The molecule has 0 saturated carbocycles. The van der Waals surface area contributed by atoms with Gasteiger partial charge in [0.2, 0.25) is 6.79 Å². The van der Waals surface area contributed by atoms with Crippen LogP contribution in [0.25, 0.3) is 0 Å². The van der Waals surface area contributed by atoms with E-state index in [2.05, 4.69) is 24.3 Å². The van der Waals surface area contributed by atoms with Crippen LogP contribution in [0.2, 0.25) is 5.02 Å². The number of ether oxygens (including phenoxy) is 2. The number of carbonyl (C=O) groups is 1. The molecule has 31 heavy (non-hydrogen) atoms. The Morgan fingerprint density at radius 3 is 2.68 bits per heavy atom. The summed E-state index contributed by atoms with van der Waals surface area (Å²) in [5.41, 5.74) is 3.87. The van der Waals surface area contributed by atoms with E-state index in [0.29, 0.717) is 29.4 Å². The first-order valence-electron chi connectivity index (χ1n) is 10.2. The van der Waals surface area contributed by atoms with Gasteiger partial charge in [0.1, 0.15) is 0 Å². The van der Waals surface area contributed by atoms with Crippen molar-refractivity contribution in [3.63, 3.8) is 0 Å². The molecular weight excluding hydrogens is 414 g/mol. The van der Waals surface area contributed by atoms with Gasteiger partial charge in [0, 0.05) is 22.7 Å². The highest BCUT2D eigenvalue weighted by molar-refractivity contribution is 6.31. The zero-order valence-electron chi connectivity index (χ0n) is 18.2. The Morgan fingerprint density at radius 1 is 1.16 bits per heavy atom. The first kappa shape index (κ1) is 21.2. The molecule has 1 amide bonds. The standard InChI is InChI=1S/C24H26ClN3O3/c1-15-22(16(2)28(27-15)12-17-7-5-6-8-19(17)25)23(29)26-13-24(3,4)18-9-10-20-21(11-18)31-14-30-20/h5-11H,12-14H2,1-4H3,(H,26,29). The zero-order chi connectivity index (χ0) is 22.2. The number of hydrogen-bond acceptors (Lipinski definition) is 4. The van der Waals surface area contributed by atoms with Gasteiger partial charge in [-0.1, -0.05) is 49.7 Å². The Kier molecular flexibility index (Phi) is 5.67. The van der Waals surface area contributed by atoms with Crippen LogP contribution in [0.15, 0.2) is 42.5 Å². The van der Waals surface area contributed by atoms with Gasteiger partial charge in [-0.3, -0.25) is 9.48 Å². The molecule has 162 valence electrons. The predicted octanol–water partition coefficient (Wildman–Crippen LogP) is 4.64. The Hall–Kier alpha value is -2.99. The van der Waals surface area contributed by atoms with Crippen LogP contribution in [0, 0.1) is 13.8 Å². The minimum absolute atomic E-state index is 0.130. The Morgan fingerprint density at radius 2 is 1.90 bits per heavy atom. The molecular formula is C24H26ClN3O3. The third kappa shape index (κ3) is 4.26. The molecule has 0 atom stereocenters. The molecule has 3 aromatic rings. The van der Waals surface area contributed by atoms with Crippen LogP contribution in [0.1, 0.15) is 46.7 Å². The maximum absolute atomic E-state index is 13.0. The van der Waals surface area contributed by atoms with Crippen molar-refractivity contribution in [2.24, 2.45) is 0 Å². The first-order valence-corrected chi connectivity index (χ1v) is 10.6. The van der Waals surface area contributed by atoms with Crippen LogP contribution < -0.4 is 14.8 Å². The largest absolute Gasteiger partial charge is 0.454 e. The molecule has 4 rings (SSSR count). The number of rotatable bonds is 6. The van der Waals surface area contributed by atoms with E-state index in [0.717, 1.165) is 28.3 Å². The van der Waals surface area contributed by atoms with Crippen LogP contribution >= 0.6 is 11.6 Å². The summed E-state index contributed by atoms with van der Waals surface area (Å²) in [7, 11) is 0. The second-order valence-electron chi connectivity index (χ2n) is 8.43. The van der Waals surface area contributed by atoms with Gasteiger partial charge in [-0.2, -0.15) is 5.10 Å². The molecule has 1 N–H and O–H groups in total. The fourth-order valence-corrected chi connectivity index (χ4v) is 3.97. The van der Waals surface area contributed by atoms with Crippen molar-refractivity contribution in [1.29, 1.82) is 0 Å². The second-order valence-corrected chi connectivity index (χ2v) is 8.84. The summed E-state index contributed by atoms with van der Waals surface area (Å²) in [4.78, 5) is 13.0. The SMILES string of the molecule is Cc1nn(Cc2ccccc2Cl)c(C)c1C(=O)NCC(C)(C)c1ccc2c(c1)OCO2. The molecule has 2 heterocycles. The number of aromatic nitrogens is 2. The quantitative estimate of drug-likeness (QED) is 0.607. The molecule has 1 aromatic heterocycles. The van der Waals surface area contributed by atoms with E-state index in [1.54, 1.807) is 0 Å². The lowest BCUT2D eigenvalue weighted by atomic mass is 9.84. The summed E-state index contributed by atoms with van der Waals surface area (Å²) >= 11 is 6.29. The van der Waals surface area contributed by atoms with Crippen LogP contribution in [0.4, 0.5) is 0 Å². The Labute approximate surface area is 187 Å². The Bertz CT molecular complexity index is 1140. The molecule has 0 saturated heterocycles. The predicted molar refractivity (Wildman–Crippen MR) is 120 cm³/mol. The van der Waals surface area contributed by atoms with Gasteiger partial charge < -0.3 is 14.8 Å². The molecule has 1 aliphatic rings. The smallest absolute Gasteiger partial charge is 0.255 e. The van der Waals surface area contributed by atoms with Gasteiger partial charge in [-0.15, -0.1) is 0 Å². The number of halogens is 1. The monoisotopic (exact) mass is 439 g/mol. The zero-order valence-corrected chi connectivity index (χ0v) is 18.9. The molecule has 0 radical (unpaired) electrons. The van der Waals surface area contributed by atoms with Gasteiger partial charge in [-0.05, 0) is 43.2 Å². The highest BCUT2D eigenvalue weighted by Crippen LogP contribution is 2.36. The van der Waals surface area contributed by atoms with E-state index < -0.39 is 0 Å². The molecule has 0 bridgehead atoms. The highest BCUT2D eigenvalue weighted by Gasteiger charge is 2.26. The van der Waals surface area contributed by atoms with Crippen molar-refractivity contribution in [3.05, 3.63) is 75.6 Å². The number of nitrogens with one attached hydrogen (secondary N) is 1. The van der Waals surface area contributed by atoms with Crippen molar-refractivity contribution in [1.82, 2.24) is 15.1 Å². The van der Waals surface area contributed by atoms with E-state index in [4.69, 9.17) is 21.1 Å². The van der Waals surface area contributed by atoms with Crippen LogP contribution in [-0.4, -0.2) is 29.0 Å². The fraction of sp³-hybridized carbons (Fsp3) is 0.333. The molecule has 0 unspecified atom stereocenters. The van der Waals surface area contributed by atoms with Gasteiger partial charge in [0.15, 0.2) is 11.5 Å². The molecule has 0 aliphatic carbocycles. The van der Waals surface area contributed by atoms with Crippen LogP contribution in [0.5, 0.6) is 11.5 Å². The van der Waals surface area contributed by atoms with Crippen LogP contribution in [0.3, 0.4) is 0 Å². The summed E-state index contributed by atoms with van der Waals surface area (Å²) in [5.74, 6) is 1.36. The highest BCUT2D eigenvalue weighted by atomic mass is 35.5. The lowest BCUT2D eigenvalue weighted by molar-refractivity contribution is 0.0944. The minimum Gasteiger partial charge on any atom is -0.454 e. The maximum Gasteiger partial charge on any atom is 0.255 e. The van der Waals surface area contributed by atoms with Crippen molar-refractivity contribution < 1.29 is 14.3 Å². The lowest BCUT2D eigenvalue weighted by Gasteiger charge is -2.26. The molecule has 7 heteroatoms. The van der Waals surface area contributed by atoms with Gasteiger partial charge >= 0.3 is 0 Å². The van der Waals surface area contributed by atoms with Gasteiger partial charge in [0.25, 0.3) is 5.91 Å². The lowest BCUT2D eigenvalue weighted by Crippen LogP contribution is -2.37. The minimum atomic E-state index is -0.286. The fourth-order valence-electron chi connectivity index (χ4n) is 3.78. The van der Waals surface area contributed by atoms with Crippen molar-refractivity contribution in [2.45, 2.75) is 39.7 Å². The summed E-state index contributed by atoms with van der Waals surface area (Å²) in [6.07, 6.45) is 0.